The van der Waals surface area contributed by atoms with Gasteiger partial charge in [0.15, 0.2) is 0 Å². The van der Waals surface area contributed by atoms with Crippen LogP contribution in [0.15, 0.2) is 108 Å². The highest BCUT2D eigenvalue weighted by atomic mass is 16.7. The zero-order valence-electron chi connectivity index (χ0n) is 23.2. The fourth-order valence-corrected chi connectivity index (χ4v) is 5.17. The molecule has 0 aliphatic rings. The Bertz CT molecular complexity index is 1950. The summed E-state index contributed by atoms with van der Waals surface area (Å²) in [4.78, 5) is 36.6. The summed E-state index contributed by atoms with van der Waals surface area (Å²) in [6, 6.07) is 31.0. The Hall–Kier alpha value is -5.21. The molecule has 4 aromatic carbocycles. The number of para-hydroxylation sites is 1. The van der Waals surface area contributed by atoms with Gasteiger partial charge < -0.3 is 19.9 Å². The third kappa shape index (κ3) is 5.27. The molecule has 8 heteroatoms. The number of fused-ring (bicyclic) bond motifs is 2. The van der Waals surface area contributed by atoms with Crippen LogP contribution in [0.1, 0.15) is 18.9 Å². The summed E-state index contributed by atoms with van der Waals surface area (Å²) in [7, 11) is 0. The van der Waals surface area contributed by atoms with Gasteiger partial charge in [-0.1, -0.05) is 72.8 Å². The van der Waals surface area contributed by atoms with E-state index in [4.69, 9.17) is 20.3 Å². The van der Waals surface area contributed by atoms with Crippen molar-refractivity contribution < 1.29 is 14.4 Å². The molecule has 210 valence electrons. The first-order valence-electron chi connectivity index (χ1n) is 13.8. The number of carbonyl (C=O) groups excluding carboxylic acids is 1. The van der Waals surface area contributed by atoms with Gasteiger partial charge in [-0.2, -0.15) is 0 Å². The Kier molecular flexibility index (Phi) is 7.53. The lowest BCUT2D eigenvalue weighted by atomic mass is 10.0. The zero-order valence-corrected chi connectivity index (χ0v) is 23.2. The normalized spacial score (nSPS) is 11.2. The van der Waals surface area contributed by atoms with Gasteiger partial charge in [-0.3, -0.25) is 4.79 Å². The van der Waals surface area contributed by atoms with Gasteiger partial charge in [-0.05, 0) is 48.4 Å². The van der Waals surface area contributed by atoms with Gasteiger partial charge >= 0.3 is 11.5 Å². The number of carbonyl (C=O) groups is 1. The summed E-state index contributed by atoms with van der Waals surface area (Å²) in [5.41, 5.74) is 10.7. The van der Waals surface area contributed by atoms with Gasteiger partial charge in [0.1, 0.15) is 23.6 Å². The van der Waals surface area contributed by atoms with E-state index in [-0.39, 0.29) is 5.69 Å². The first-order valence-corrected chi connectivity index (χ1v) is 13.8. The molecule has 0 spiro atoms. The summed E-state index contributed by atoms with van der Waals surface area (Å²) in [5, 5.41) is 0.799. The topological polar surface area (TPSA) is 101 Å². The molecule has 0 saturated heterocycles. The van der Waals surface area contributed by atoms with Crippen LogP contribution in [-0.4, -0.2) is 26.8 Å². The van der Waals surface area contributed by atoms with Crippen LogP contribution in [0.25, 0.3) is 44.3 Å². The number of nitrogens with two attached hydrogens (primary N) is 1. The van der Waals surface area contributed by atoms with Gasteiger partial charge in [0, 0.05) is 41.7 Å². The first-order chi connectivity index (χ1) is 20.5. The van der Waals surface area contributed by atoms with Crippen LogP contribution in [0.4, 0.5) is 0 Å². The van der Waals surface area contributed by atoms with Crippen molar-refractivity contribution in [3.63, 3.8) is 0 Å². The van der Waals surface area contributed by atoms with Crippen LogP contribution in [-0.2, 0) is 17.9 Å². The molecule has 0 amide bonds. The zero-order chi connectivity index (χ0) is 29.1. The molecule has 0 unspecified atom stereocenters. The number of hydrogen-bond acceptors (Lipinski definition) is 6. The molecule has 0 saturated carbocycles. The minimum absolute atomic E-state index is 0.170. The SMILES string of the molecule is CC(=O)On1c(=O)c(-c2cn(CCCN)c3ccc(OCc4ccccc4)cc23)nc2c(-c3ccccc3)cccc21. The minimum atomic E-state index is -0.609. The van der Waals surface area contributed by atoms with Gasteiger partial charge in [-0.25, -0.2) is 9.78 Å². The van der Waals surface area contributed by atoms with Crippen molar-refractivity contribution in [3.05, 3.63) is 119 Å². The lowest BCUT2D eigenvalue weighted by Gasteiger charge is -2.13. The number of aromatic nitrogens is 3. The average Bonchev–Trinajstić information content (AvgIpc) is 3.38. The minimum Gasteiger partial charge on any atom is -0.489 e. The van der Waals surface area contributed by atoms with E-state index >= 15 is 0 Å². The second-order valence-corrected chi connectivity index (χ2v) is 10.0. The van der Waals surface area contributed by atoms with Gasteiger partial charge in [0.25, 0.3) is 0 Å². The maximum Gasteiger partial charge on any atom is 0.330 e. The van der Waals surface area contributed by atoms with Crippen molar-refractivity contribution in [3.8, 4) is 28.1 Å². The van der Waals surface area contributed by atoms with Crippen molar-refractivity contribution in [2.24, 2.45) is 5.73 Å². The highest BCUT2D eigenvalue weighted by Crippen LogP contribution is 2.34. The van der Waals surface area contributed by atoms with E-state index in [0.29, 0.717) is 42.0 Å². The van der Waals surface area contributed by atoms with Gasteiger partial charge in [0.2, 0.25) is 0 Å². The second kappa shape index (κ2) is 11.7. The van der Waals surface area contributed by atoms with Gasteiger partial charge in [-0.15, -0.1) is 4.73 Å². The Morgan fingerprint density at radius 2 is 1.64 bits per heavy atom. The van der Waals surface area contributed by atoms with Crippen LogP contribution < -0.4 is 20.9 Å². The lowest BCUT2D eigenvalue weighted by Crippen LogP contribution is -2.31. The quantitative estimate of drug-likeness (QED) is 0.248. The molecule has 6 rings (SSSR count). The molecule has 6 aromatic rings. The van der Waals surface area contributed by atoms with Crippen molar-refractivity contribution >= 4 is 27.9 Å². The highest BCUT2D eigenvalue weighted by molar-refractivity contribution is 5.98. The number of hydrogen-bond donors (Lipinski definition) is 1. The Morgan fingerprint density at radius 1 is 0.881 bits per heavy atom. The van der Waals surface area contributed by atoms with E-state index in [1.165, 1.54) is 6.92 Å². The number of aryl methyl sites for hydroxylation is 1. The van der Waals surface area contributed by atoms with Crippen molar-refractivity contribution in [2.75, 3.05) is 6.54 Å². The molecule has 0 aliphatic carbocycles. The van der Waals surface area contributed by atoms with E-state index in [0.717, 1.165) is 38.7 Å². The Morgan fingerprint density at radius 3 is 2.38 bits per heavy atom. The molecule has 0 bridgehead atoms. The average molecular weight is 559 g/mol. The van der Waals surface area contributed by atoms with Crippen LogP contribution >= 0.6 is 0 Å². The summed E-state index contributed by atoms with van der Waals surface area (Å²) in [6.45, 7) is 2.87. The predicted octanol–water partition coefficient (Wildman–Crippen LogP) is 5.59. The number of ether oxygens (including phenoxy) is 1. The molecule has 8 nitrogen and oxygen atoms in total. The van der Waals surface area contributed by atoms with Crippen LogP contribution in [0.5, 0.6) is 5.75 Å². The van der Waals surface area contributed by atoms with Crippen LogP contribution in [0, 0.1) is 0 Å². The number of nitrogens with zero attached hydrogens (tertiary/aromatic N) is 3. The molecule has 2 N–H and O–H groups in total. The smallest absolute Gasteiger partial charge is 0.330 e. The molecule has 2 heterocycles. The van der Waals surface area contributed by atoms with Crippen molar-refractivity contribution in [2.45, 2.75) is 26.5 Å². The van der Waals surface area contributed by atoms with E-state index in [2.05, 4.69) is 4.57 Å². The molecular formula is C34H30N4O4. The Labute approximate surface area is 242 Å². The predicted molar refractivity (Wildman–Crippen MR) is 164 cm³/mol. The Balaban J connectivity index is 1.57. The van der Waals surface area contributed by atoms with E-state index in [1.54, 1.807) is 6.07 Å². The third-order valence-corrected chi connectivity index (χ3v) is 7.11. The lowest BCUT2D eigenvalue weighted by molar-refractivity contribution is -0.141. The van der Waals surface area contributed by atoms with Crippen molar-refractivity contribution in [1.82, 2.24) is 14.3 Å². The van der Waals surface area contributed by atoms with Crippen LogP contribution in [0.2, 0.25) is 0 Å². The van der Waals surface area contributed by atoms with E-state index < -0.39 is 11.5 Å². The third-order valence-electron chi connectivity index (χ3n) is 7.11. The molecule has 0 fully saturated rings. The van der Waals surface area contributed by atoms with Gasteiger partial charge in [0.05, 0.1) is 5.52 Å². The number of benzene rings is 4. The molecule has 42 heavy (non-hydrogen) atoms. The summed E-state index contributed by atoms with van der Waals surface area (Å²) < 4.78 is 9.25. The molecular weight excluding hydrogens is 528 g/mol. The largest absolute Gasteiger partial charge is 0.489 e. The first kappa shape index (κ1) is 27.0. The molecule has 0 radical (unpaired) electrons. The maximum absolute atomic E-state index is 14.0. The molecule has 0 aliphatic heterocycles. The van der Waals surface area contributed by atoms with Crippen molar-refractivity contribution in [1.29, 1.82) is 0 Å². The van der Waals surface area contributed by atoms with E-state index in [9.17, 15) is 9.59 Å². The maximum atomic E-state index is 14.0. The summed E-state index contributed by atoms with van der Waals surface area (Å²) >= 11 is 0. The summed E-state index contributed by atoms with van der Waals surface area (Å²) in [6.07, 6.45) is 2.68. The summed E-state index contributed by atoms with van der Waals surface area (Å²) in [5.74, 6) is 0.0536. The second-order valence-electron chi connectivity index (χ2n) is 10.0. The van der Waals surface area contributed by atoms with Crippen LogP contribution in [0.3, 0.4) is 0 Å². The molecule has 0 atom stereocenters. The fraction of sp³-hybridized carbons (Fsp3) is 0.147. The van der Waals surface area contributed by atoms with E-state index in [1.807, 2.05) is 97.2 Å². The fourth-order valence-electron chi connectivity index (χ4n) is 5.17. The monoisotopic (exact) mass is 558 g/mol. The standard InChI is InChI=1S/C34H30N4O4/c1-23(39)42-38-31-15-8-14-27(25-12-6-3-7-13-25)32(31)36-33(34(38)40)29-21-37(19-9-18-35)30-17-16-26(20-28(29)30)41-22-24-10-4-2-5-11-24/h2-8,10-17,20-21H,9,18-19,22,35H2,1H3. The number of rotatable bonds is 9. The molecule has 2 aromatic heterocycles. The highest BCUT2D eigenvalue weighted by Gasteiger charge is 2.21.